The second-order valence-corrected chi connectivity index (χ2v) is 4.88. The fourth-order valence-corrected chi connectivity index (χ4v) is 2.37. The molecule has 0 unspecified atom stereocenters. The zero-order chi connectivity index (χ0) is 15.7. The number of hydrogen-bond donors (Lipinski definition) is 0. The first kappa shape index (κ1) is 14.1. The summed E-state index contributed by atoms with van der Waals surface area (Å²) in [6.07, 6.45) is 1.41. The van der Waals surface area contributed by atoms with Gasteiger partial charge in [0.25, 0.3) is 5.56 Å². The molecule has 2 aromatic heterocycles. The van der Waals surface area contributed by atoms with Gasteiger partial charge in [-0.3, -0.25) is 13.9 Å². The minimum Gasteiger partial charge on any atom is -0.412 e. The van der Waals surface area contributed by atoms with Crippen LogP contribution in [0.2, 0.25) is 0 Å². The molecule has 0 amide bonds. The van der Waals surface area contributed by atoms with E-state index in [1.54, 1.807) is 0 Å². The minimum atomic E-state index is -0.421. The lowest BCUT2D eigenvalue weighted by Crippen LogP contribution is -2.39. The first-order valence-electron chi connectivity index (χ1n) is 6.97. The van der Waals surface area contributed by atoms with E-state index in [2.05, 4.69) is 4.98 Å². The average Bonchev–Trinajstić information content (AvgIpc) is 2.94. The molecule has 0 fully saturated rings. The zero-order valence-corrected chi connectivity index (χ0v) is 12.4. The Bertz CT molecular complexity index is 922. The van der Waals surface area contributed by atoms with E-state index >= 15 is 0 Å². The van der Waals surface area contributed by atoms with Gasteiger partial charge in [-0.05, 0) is 12.5 Å². The molecule has 114 valence electrons. The maximum Gasteiger partial charge on any atom is 0.332 e. The summed E-state index contributed by atoms with van der Waals surface area (Å²) in [5.74, 6) is 0. The standard InChI is InChI=1S/C15H16N4O3/c1-3-22-19-10-16-13-12(19)14(20)17(2)15(21)18(13)9-11-7-5-4-6-8-11/h4-8,10H,3,9H2,1-2H3. The van der Waals surface area contributed by atoms with E-state index in [4.69, 9.17) is 4.84 Å². The average molecular weight is 300 g/mol. The van der Waals surface area contributed by atoms with Gasteiger partial charge in [0.1, 0.15) is 12.9 Å². The fraction of sp³-hybridized carbons (Fsp3) is 0.267. The summed E-state index contributed by atoms with van der Waals surface area (Å²) in [5, 5.41) is 0. The quantitative estimate of drug-likeness (QED) is 0.699. The van der Waals surface area contributed by atoms with Gasteiger partial charge in [0.05, 0.1) is 6.54 Å². The molecule has 2 heterocycles. The predicted molar refractivity (Wildman–Crippen MR) is 81.9 cm³/mol. The number of benzene rings is 1. The van der Waals surface area contributed by atoms with Crippen molar-refractivity contribution < 1.29 is 4.84 Å². The second-order valence-electron chi connectivity index (χ2n) is 4.88. The molecule has 0 aliphatic rings. The third-order valence-corrected chi connectivity index (χ3v) is 3.45. The Kier molecular flexibility index (Phi) is 3.54. The summed E-state index contributed by atoms with van der Waals surface area (Å²) in [4.78, 5) is 34.3. The molecular weight excluding hydrogens is 284 g/mol. The molecule has 0 spiro atoms. The van der Waals surface area contributed by atoms with Gasteiger partial charge in [0, 0.05) is 7.05 Å². The van der Waals surface area contributed by atoms with Crippen LogP contribution in [0.25, 0.3) is 11.2 Å². The van der Waals surface area contributed by atoms with Crippen molar-refractivity contribution in [2.75, 3.05) is 6.61 Å². The van der Waals surface area contributed by atoms with Crippen molar-refractivity contribution in [3.8, 4) is 0 Å². The first-order chi connectivity index (χ1) is 10.6. The first-order valence-corrected chi connectivity index (χ1v) is 6.97. The Morgan fingerprint density at radius 1 is 1.18 bits per heavy atom. The van der Waals surface area contributed by atoms with Crippen LogP contribution in [0.5, 0.6) is 0 Å². The molecule has 3 rings (SSSR count). The molecule has 0 atom stereocenters. The topological polar surface area (TPSA) is 71.1 Å². The number of nitrogens with zero attached hydrogens (tertiary/aromatic N) is 4. The van der Waals surface area contributed by atoms with E-state index in [0.717, 1.165) is 10.1 Å². The summed E-state index contributed by atoms with van der Waals surface area (Å²) in [6.45, 7) is 2.55. The Balaban J connectivity index is 2.26. The number of fused-ring (bicyclic) bond motifs is 1. The molecule has 0 saturated carbocycles. The van der Waals surface area contributed by atoms with Gasteiger partial charge in [-0.15, -0.1) is 0 Å². The summed E-state index contributed by atoms with van der Waals surface area (Å²) in [7, 11) is 1.45. The molecule has 7 nitrogen and oxygen atoms in total. The van der Waals surface area contributed by atoms with Crippen LogP contribution in [-0.2, 0) is 13.6 Å². The molecule has 0 saturated heterocycles. The van der Waals surface area contributed by atoms with Crippen molar-refractivity contribution in [2.45, 2.75) is 13.5 Å². The normalized spacial score (nSPS) is 11.0. The van der Waals surface area contributed by atoms with E-state index in [1.165, 1.54) is 22.7 Å². The summed E-state index contributed by atoms with van der Waals surface area (Å²) < 4.78 is 3.86. The maximum atomic E-state index is 12.4. The zero-order valence-electron chi connectivity index (χ0n) is 12.4. The summed E-state index contributed by atoms with van der Waals surface area (Å²) in [5.41, 5.74) is 0.721. The minimum absolute atomic E-state index is 0.264. The molecule has 0 radical (unpaired) electrons. The Morgan fingerprint density at radius 3 is 2.59 bits per heavy atom. The number of rotatable bonds is 4. The second kappa shape index (κ2) is 5.51. The van der Waals surface area contributed by atoms with Gasteiger partial charge >= 0.3 is 5.69 Å². The highest BCUT2D eigenvalue weighted by atomic mass is 16.7. The largest absolute Gasteiger partial charge is 0.412 e. The maximum absolute atomic E-state index is 12.4. The van der Waals surface area contributed by atoms with Gasteiger partial charge < -0.3 is 4.84 Å². The molecule has 3 aromatic rings. The van der Waals surface area contributed by atoms with Gasteiger partial charge in [-0.25, -0.2) is 9.78 Å². The Morgan fingerprint density at radius 2 is 1.91 bits per heavy atom. The lowest BCUT2D eigenvalue weighted by Gasteiger charge is -2.10. The van der Waals surface area contributed by atoms with Crippen LogP contribution in [0, 0.1) is 0 Å². The number of imidazole rings is 1. The van der Waals surface area contributed by atoms with Crippen molar-refractivity contribution in [3.63, 3.8) is 0 Å². The van der Waals surface area contributed by atoms with Crippen LogP contribution in [0.1, 0.15) is 12.5 Å². The molecule has 1 aromatic carbocycles. The molecule has 22 heavy (non-hydrogen) atoms. The number of aromatic nitrogens is 4. The highest BCUT2D eigenvalue weighted by Gasteiger charge is 2.17. The smallest absolute Gasteiger partial charge is 0.332 e. The van der Waals surface area contributed by atoms with Gasteiger partial charge in [-0.1, -0.05) is 30.3 Å². The van der Waals surface area contributed by atoms with E-state index in [0.29, 0.717) is 18.8 Å². The van der Waals surface area contributed by atoms with E-state index < -0.39 is 11.2 Å². The third-order valence-electron chi connectivity index (χ3n) is 3.45. The van der Waals surface area contributed by atoms with E-state index in [-0.39, 0.29) is 5.52 Å². The highest BCUT2D eigenvalue weighted by molar-refractivity contribution is 5.69. The van der Waals surface area contributed by atoms with E-state index in [9.17, 15) is 9.59 Å². The monoisotopic (exact) mass is 300 g/mol. The van der Waals surface area contributed by atoms with Gasteiger partial charge in [0.2, 0.25) is 0 Å². The van der Waals surface area contributed by atoms with Crippen molar-refractivity contribution >= 4 is 11.2 Å². The van der Waals surface area contributed by atoms with Crippen LogP contribution in [-0.4, -0.2) is 25.5 Å². The molecule has 0 bridgehead atoms. The van der Waals surface area contributed by atoms with Crippen LogP contribution in [0.15, 0.2) is 46.2 Å². The summed E-state index contributed by atoms with van der Waals surface area (Å²) in [6, 6.07) is 9.55. The third kappa shape index (κ3) is 2.20. The fourth-order valence-electron chi connectivity index (χ4n) is 2.37. The van der Waals surface area contributed by atoms with Crippen LogP contribution in [0.4, 0.5) is 0 Å². The number of hydrogen-bond acceptors (Lipinski definition) is 4. The molecular formula is C15H16N4O3. The highest BCUT2D eigenvalue weighted by Crippen LogP contribution is 2.08. The van der Waals surface area contributed by atoms with Crippen LogP contribution < -0.4 is 16.1 Å². The molecule has 0 aliphatic carbocycles. The van der Waals surface area contributed by atoms with Crippen LogP contribution in [0.3, 0.4) is 0 Å². The summed E-state index contributed by atoms with van der Waals surface area (Å²) >= 11 is 0. The van der Waals surface area contributed by atoms with Gasteiger partial charge in [-0.2, -0.15) is 4.73 Å². The SMILES string of the molecule is CCOn1cnc2c1c(=O)n(C)c(=O)n2Cc1ccccc1. The molecule has 0 aliphatic heterocycles. The lowest BCUT2D eigenvalue weighted by atomic mass is 10.2. The molecule has 0 N–H and O–H groups in total. The van der Waals surface area contributed by atoms with Crippen molar-refractivity contribution in [2.24, 2.45) is 7.05 Å². The van der Waals surface area contributed by atoms with Gasteiger partial charge in [0.15, 0.2) is 11.2 Å². The van der Waals surface area contributed by atoms with Crippen molar-refractivity contribution in [3.05, 3.63) is 63.1 Å². The Labute approximate surface area is 126 Å². The van der Waals surface area contributed by atoms with Crippen molar-refractivity contribution in [1.82, 2.24) is 18.8 Å². The predicted octanol–water partition coefficient (Wildman–Crippen LogP) is 0.393. The molecule has 7 heteroatoms. The van der Waals surface area contributed by atoms with Crippen molar-refractivity contribution in [1.29, 1.82) is 0 Å². The Hall–Kier alpha value is -2.83. The lowest BCUT2D eigenvalue weighted by molar-refractivity contribution is 0.130. The van der Waals surface area contributed by atoms with E-state index in [1.807, 2.05) is 37.3 Å². The van der Waals surface area contributed by atoms with Crippen LogP contribution >= 0.6 is 0 Å².